The summed E-state index contributed by atoms with van der Waals surface area (Å²) < 4.78 is 12.6. The Balaban J connectivity index is 2.23. The van der Waals surface area contributed by atoms with Crippen LogP contribution in [0.5, 0.6) is 11.5 Å². The third kappa shape index (κ3) is 3.06. The first-order chi connectivity index (χ1) is 9.28. The lowest BCUT2D eigenvalue weighted by Crippen LogP contribution is -2.03. The molecular formula is C14H19N3O2. The Labute approximate surface area is 113 Å². The van der Waals surface area contributed by atoms with Gasteiger partial charge in [-0.25, -0.2) is 4.98 Å². The molecule has 1 heterocycles. The van der Waals surface area contributed by atoms with E-state index in [4.69, 9.17) is 15.2 Å². The van der Waals surface area contributed by atoms with Gasteiger partial charge >= 0.3 is 0 Å². The Morgan fingerprint density at radius 3 is 2.68 bits per heavy atom. The summed E-state index contributed by atoms with van der Waals surface area (Å²) in [7, 11) is 3.25. The zero-order valence-electron chi connectivity index (χ0n) is 11.3. The molecular weight excluding hydrogens is 242 g/mol. The lowest BCUT2D eigenvalue weighted by Gasteiger charge is -2.08. The maximum absolute atomic E-state index is 5.50. The van der Waals surface area contributed by atoms with Gasteiger partial charge < -0.3 is 19.8 Å². The van der Waals surface area contributed by atoms with E-state index in [2.05, 4.69) is 4.98 Å². The van der Waals surface area contributed by atoms with Crippen LogP contribution in [0.15, 0.2) is 30.7 Å². The first-order valence-corrected chi connectivity index (χ1v) is 6.22. The van der Waals surface area contributed by atoms with Gasteiger partial charge in [-0.15, -0.1) is 0 Å². The van der Waals surface area contributed by atoms with Crippen LogP contribution in [-0.4, -0.2) is 30.3 Å². The van der Waals surface area contributed by atoms with Gasteiger partial charge in [0.25, 0.3) is 0 Å². The average molecular weight is 261 g/mol. The highest BCUT2D eigenvalue weighted by atomic mass is 16.5. The second kappa shape index (κ2) is 6.24. The van der Waals surface area contributed by atoms with Crippen molar-refractivity contribution in [3.63, 3.8) is 0 Å². The average Bonchev–Trinajstić information content (AvgIpc) is 2.93. The Morgan fingerprint density at radius 2 is 2.00 bits per heavy atom. The van der Waals surface area contributed by atoms with Crippen molar-refractivity contribution in [1.82, 2.24) is 9.55 Å². The Morgan fingerprint density at radius 1 is 1.21 bits per heavy atom. The molecule has 0 atom stereocenters. The lowest BCUT2D eigenvalue weighted by molar-refractivity contribution is 0.355. The number of rotatable bonds is 6. The third-order valence-corrected chi connectivity index (χ3v) is 2.93. The summed E-state index contributed by atoms with van der Waals surface area (Å²) in [5.74, 6) is 1.42. The molecule has 2 N–H and O–H groups in total. The molecule has 0 saturated heterocycles. The number of benzene rings is 1. The van der Waals surface area contributed by atoms with E-state index < -0.39 is 0 Å². The highest BCUT2D eigenvalue weighted by Gasteiger charge is 2.08. The molecule has 1 aromatic carbocycles. The number of ether oxygens (including phenoxy) is 2. The van der Waals surface area contributed by atoms with Crippen LogP contribution >= 0.6 is 0 Å². The molecule has 0 spiro atoms. The summed E-state index contributed by atoms with van der Waals surface area (Å²) in [6.07, 6.45) is 4.78. The van der Waals surface area contributed by atoms with Crippen LogP contribution < -0.4 is 15.2 Å². The molecule has 0 amide bonds. The normalized spacial score (nSPS) is 10.5. The monoisotopic (exact) mass is 261 g/mol. The number of nitrogens with two attached hydrogens (primary N) is 1. The fraction of sp³-hybridized carbons (Fsp3) is 0.357. The van der Waals surface area contributed by atoms with Gasteiger partial charge in [-0.05, 0) is 31.2 Å². The van der Waals surface area contributed by atoms with Gasteiger partial charge in [-0.2, -0.15) is 0 Å². The van der Waals surface area contributed by atoms with Crippen LogP contribution in [0.25, 0.3) is 11.3 Å². The highest BCUT2D eigenvalue weighted by Crippen LogP contribution is 2.31. The van der Waals surface area contributed by atoms with E-state index in [0.29, 0.717) is 18.0 Å². The first-order valence-electron chi connectivity index (χ1n) is 6.22. The van der Waals surface area contributed by atoms with E-state index >= 15 is 0 Å². The molecule has 0 saturated carbocycles. The predicted octanol–water partition coefficient (Wildman–Crippen LogP) is 1.92. The van der Waals surface area contributed by atoms with E-state index in [1.807, 2.05) is 35.3 Å². The van der Waals surface area contributed by atoms with Crippen LogP contribution in [0.3, 0.4) is 0 Å². The van der Waals surface area contributed by atoms with Crippen molar-refractivity contribution < 1.29 is 9.47 Å². The number of hydrogen-bond acceptors (Lipinski definition) is 4. The Bertz CT molecular complexity index is 537. The molecule has 0 aliphatic carbocycles. The van der Waals surface area contributed by atoms with Crippen LogP contribution in [-0.2, 0) is 6.54 Å². The van der Waals surface area contributed by atoms with Crippen LogP contribution in [0, 0.1) is 0 Å². The summed E-state index contributed by atoms with van der Waals surface area (Å²) >= 11 is 0. The van der Waals surface area contributed by atoms with Crippen molar-refractivity contribution in [1.29, 1.82) is 0 Å². The minimum absolute atomic E-state index is 0.684. The number of nitrogens with zero attached hydrogens (tertiary/aromatic N) is 2. The molecule has 5 heteroatoms. The number of hydrogen-bond donors (Lipinski definition) is 1. The molecule has 0 fully saturated rings. The van der Waals surface area contributed by atoms with Gasteiger partial charge in [0.1, 0.15) is 0 Å². The fourth-order valence-corrected chi connectivity index (χ4v) is 1.90. The zero-order chi connectivity index (χ0) is 13.7. The number of aryl methyl sites for hydroxylation is 1. The molecule has 5 nitrogen and oxygen atoms in total. The smallest absolute Gasteiger partial charge is 0.161 e. The Hall–Kier alpha value is -2.01. The summed E-state index contributed by atoms with van der Waals surface area (Å²) in [5.41, 5.74) is 7.42. The number of aromatic nitrogens is 2. The van der Waals surface area contributed by atoms with Crippen molar-refractivity contribution in [2.75, 3.05) is 20.8 Å². The van der Waals surface area contributed by atoms with E-state index in [1.54, 1.807) is 14.2 Å². The number of methoxy groups -OCH3 is 2. The van der Waals surface area contributed by atoms with Gasteiger partial charge in [0.05, 0.1) is 26.2 Å². The SMILES string of the molecule is COc1ccc(-c2cn(CCCN)cn2)cc1OC. The molecule has 0 aliphatic heterocycles. The van der Waals surface area contributed by atoms with Crippen molar-refractivity contribution in [3.05, 3.63) is 30.7 Å². The molecule has 2 aromatic rings. The van der Waals surface area contributed by atoms with E-state index in [9.17, 15) is 0 Å². The number of imidazole rings is 1. The van der Waals surface area contributed by atoms with E-state index in [-0.39, 0.29) is 0 Å². The van der Waals surface area contributed by atoms with Crippen molar-refractivity contribution in [2.45, 2.75) is 13.0 Å². The minimum atomic E-state index is 0.684. The fourth-order valence-electron chi connectivity index (χ4n) is 1.90. The molecule has 0 bridgehead atoms. The standard InChI is InChI=1S/C14H19N3O2/c1-18-13-5-4-11(8-14(13)19-2)12-9-17(10-16-12)7-3-6-15/h4-5,8-10H,3,6-7,15H2,1-2H3. The lowest BCUT2D eigenvalue weighted by atomic mass is 10.1. The highest BCUT2D eigenvalue weighted by molar-refractivity contribution is 5.63. The molecule has 0 unspecified atom stereocenters. The first kappa shape index (κ1) is 13.4. The topological polar surface area (TPSA) is 62.3 Å². The third-order valence-electron chi connectivity index (χ3n) is 2.93. The van der Waals surface area contributed by atoms with Crippen LogP contribution in [0.1, 0.15) is 6.42 Å². The molecule has 102 valence electrons. The summed E-state index contributed by atoms with van der Waals surface area (Å²) in [6.45, 7) is 1.57. The predicted molar refractivity (Wildman–Crippen MR) is 74.4 cm³/mol. The Kier molecular flexibility index (Phi) is 4.41. The molecule has 19 heavy (non-hydrogen) atoms. The summed E-state index contributed by atoms with van der Waals surface area (Å²) in [5, 5.41) is 0. The quantitative estimate of drug-likeness (QED) is 0.863. The van der Waals surface area contributed by atoms with Gasteiger partial charge in [0.2, 0.25) is 0 Å². The van der Waals surface area contributed by atoms with E-state index in [1.165, 1.54) is 0 Å². The van der Waals surface area contributed by atoms with Gasteiger partial charge in [-0.1, -0.05) is 0 Å². The van der Waals surface area contributed by atoms with Crippen molar-refractivity contribution in [3.8, 4) is 22.8 Å². The van der Waals surface area contributed by atoms with Gasteiger partial charge in [0, 0.05) is 18.3 Å². The maximum Gasteiger partial charge on any atom is 0.161 e. The second-order valence-corrected chi connectivity index (χ2v) is 4.21. The second-order valence-electron chi connectivity index (χ2n) is 4.21. The summed E-state index contributed by atoms with van der Waals surface area (Å²) in [6, 6.07) is 5.78. The van der Waals surface area contributed by atoms with E-state index in [0.717, 1.165) is 24.2 Å². The maximum atomic E-state index is 5.50. The van der Waals surface area contributed by atoms with Gasteiger partial charge in [-0.3, -0.25) is 0 Å². The van der Waals surface area contributed by atoms with Crippen LogP contribution in [0.2, 0.25) is 0 Å². The van der Waals surface area contributed by atoms with Crippen LogP contribution in [0.4, 0.5) is 0 Å². The summed E-state index contributed by atoms with van der Waals surface area (Å²) in [4.78, 5) is 4.40. The van der Waals surface area contributed by atoms with Crippen molar-refractivity contribution in [2.24, 2.45) is 5.73 Å². The molecule has 1 aromatic heterocycles. The minimum Gasteiger partial charge on any atom is -0.493 e. The van der Waals surface area contributed by atoms with Gasteiger partial charge in [0.15, 0.2) is 11.5 Å². The molecule has 2 rings (SSSR count). The van der Waals surface area contributed by atoms with Crippen molar-refractivity contribution >= 4 is 0 Å². The largest absolute Gasteiger partial charge is 0.493 e. The zero-order valence-corrected chi connectivity index (χ0v) is 11.3. The molecule has 0 radical (unpaired) electrons. The molecule has 0 aliphatic rings.